The van der Waals surface area contributed by atoms with E-state index < -0.39 is 23.6 Å². The SMILES string of the molecule is CC1(C)C[C@@](O)(CC(=O)O)c2c(ccc(Cl)c2Cl)O1. The fourth-order valence-corrected chi connectivity index (χ4v) is 3.07. The minimum absolute atomic E-state index is 0.124. The molecule has 0 amide bonds. The van der Waals surface area contributed by atoms with Gasteiger partial charge in [0.1, 0.15) is 17.0 Å². The van der Waals surface area contributed by atoms with Gasteiger partial charge < -0.3 is 14.9 Å². The highest BCUT2D eigenvalue weighted by atomic mass is 35.5. The van der Waals surface area contributed by atoms with Gasteiger partial charge in [-0.05, 0) is 26.0 Å². The Morgan fingerprint density at radius 2 is 2.05 bits per heavy atom. The zero-order valence-electron chi connectivity index (χ0n) is 10.5. The van der Waals surface area contributed by atoms with Crippen LogP contribution in [0.4, 0.5) is 0 Å². The second-order valence-electron chi connectivity index (χ2n) is 5.38. The molecular formula is C13H14Cl2O4. The van der Waals surface area contributed by atoms with Gasteiger partial charge in [0.15, 0.2) is 0 Å². The third kappa shape index (κ3) is 2.66. The summed E-state index contributed by atoms with van der Waals surface area (Å²) < 4.78 is 5.74. The Morgan fingerprint density at radius 1 is 1.42 bits per heavy atom. The highest BCUT2D eigenvalue weighted by Crippen LogP contribution is 2.50. The zero-order valence-corrected chi connectivity index (χ0v) is 12.0. The van der Waals surface area contributed by atoms with E-state index in [1.54, 1.807) is 26.0 Å². The maximum atomic E-state index is 11.0. The van der Waals surface area contributed by atoms with Crippen molar-refractivity contribution in [3.63, 3.8) is 0 Å². The van der Waals surface area contributed by atoms with Crippen molar-refractivity contribution in [3.05, 3.63) is 27.7 Å². The van der Waals surface area contributed by atoms with Crippen molar-refractivity contribution in [1.82, 2.24) is 0 Å². The minimum atomic E-state index is -1.59. The molecule has 0 fully saturated rings. The molecule has 0 saturated carbocycles. The van der Waals surface area contributed by atoms with Gasteiger partial charge in [-0.15, -0.1) is 0 Å². The zero-order chi connectivity index (χ0) is 14.4. The first kappa shape index (κ1) is 14.4. The van der Waals surface area contributed by atoms with Crippen molar-refractivity contribution in [2.24, 2.45) is 0 Å². The van der Waals surface area contributed by atoms with Gasteiger partial charge in [0.05, 0.1) is 16.5 Å². The average molecular weight is 305 g/mol. The number of carboxylic acids is 1. The summed E-state index contributed by atoms with van der Waals surface area (Å²) in [7, 11) is 0. The van der Waals surface area contributed by atoms with Crippen LogP contribution in [0.3, 0.4) is 0 Å². The molecule has 1 aliphatic heterocycles. The van der Waals surface area contributed by atoms with Crippen molar-refractivity contribution in [1.29, 1.82) is 0 Å². The molecule has 2 rings (SSSR count). The molecule has 0 aliphatic carbocycles. The Morgan fingerprint density at radius 3 is 2.63 bits per heavy atom. The van der Waals surface area contributed by atoms with E-state index in [-0.39, 0.29) is 22.0 Å². The van der Waals surface area contributed by atoms with E-state index in [2.05, 4.69) is 0 Å². The van der Waals surface area contributed by atoms with Crippen LogP contribution in [0.1, 0.15) is 32.3 Å². The Kier molecular flexibility index (Phi) is 3.45. The molecular weight excluding hydrogens is 291 g/mol. The van der Waals surface area contributed by atoms with Crippen LogP contribution in [0.15, 0.2) is 12.1 Å². The molecule has 19 heavy (non-hydrogen) atoms. The van der Waals surface area contributed by atoms with E-state index in [9.17, 15) is 9.90 Å². The molecule has 0 spiro atoms. The predicted molar refractivity (Wildman–Crippen MR) is 71.9 cm³/mol. The molecule has 1 aliphatic rings. The fraction of sp³-hybridized carbons (Fsp3) is 0.462. The summed E-state index contributed by atoms with van der Waals surface area (Å²) in [5.74, 6) is -0.739. The number of carbonyl (C=O) groups is 1. The van der Waals surface area contributed by atoms with E-state index in [1.165, 1.54) is 0 Å². The topological polar surface area (TPSA) is 66.8 Å². The monoisotopic (exact) mass is 304 g/mol. The number of carboxylic acid groups (broad SMARTS) is 1. The number of hydrogen-bond acceptors (Lipinski definition) is 3. The van der Waals surface area contributed by atoms with E-state index in [0.717, 1.165) is 0 Å². The van der Waals surface area contributed by atoms with E-state index in [0.29, 0.717) is 5.75 Å². The molecule has 0 aromatic heterocycles. The Bertz CT molecular complexity index is 542. The van der Waals surface area contributed by atoms with Crippen LogP contribution >= 0.6 is 23.2 Å². The van der Waals surface area contributed by atoms with E-state index in [1.807, 2.05) is 0 Å². The molecule has 1 aromatic carbocycles. The molecule has 6 heteroatoms. The summed E-state index contributed by atoms with van der Waals surface area (Å²) >= 11 is 12.0. The van der Waals surface area contributed by atoms with Gasteiger partial charge >= 0.3 is 5.97 Å². The minimum Gasteiger partial charge on any atom is -0.487 e. The van der Waals surface area contributed by atoms with Crippen LogP contribution in [0.5, 0.6) is 5.75 Å². The number of hydrogen-bond donors (Lipinski definition) is 2. The van der Waals surface area contributed by atoms with Crippen LogP contribution in [0.25, 0.3) is 0 Å². The molecule has 1 atom stereocenters. The quantitative estimate of drug-likeness (QED) is 0.880. The Hall–Kier alpha value is -0.970. The smallest absolute Gasteiger partial charge is 0.306 e. The third-order valence-electron chi connectivity index (χ3n) is 3.07. The third-order valence-corrected chi connectivity index (χ3v) is 3.87. The van der Waals surface area contributed by atoms with Gasteiger partial charge in [0, 0.05) is 12.0 Å². The maximum Gasteiger partial charge on any atom is 0.306 e. The van der Waals surface area contributed by atoms with Gasteiger partial charge in [0.2, 0.25) is 0 Å². The van der Waals surface area contributed by atoms with Gasteiger partial charge in [-0.1, -0.05) is 23.2 Å². The van der Waals surface area contributed by atoms with Gasteiger partial charge in [-0.3, -0.25) is 4.79 Å². The van der Waals surface area contributed by atoms with Gasteiger partial charge in [0.25, 0.3) is 0 Å². The molecule has 0 saturated heterocycles. The number of halogens is 2. The molecule has 104 valence electrons. The normalized spacial score (nSPS) is 24.5. The second kappa shape index (κ2) is 4.54. The first-order valence-electron chi connectivity index (χ1n) is 5.76. The number of benzene rings is 1. The highest BCUT2D eigenvalue weighted by Gasteiger charge is 2.47. The van der Waals surface area contributed by atoms with E-state index >= 15 is 0 Å². The lowest BCUT2D eigenvalue weighted by atomic mass is 9.78. The first-order chi connectivity index (χ1) is 8.65. The Labute approximate surface area is 120 Å². The van der Waals surface area contributed by atoms with Crippen LogP contribution in [-0.4, -0.2) is 21.8 Å². The van der Waals surface area contributed by atoms with Crippen molar-refractivity contribution in [3.8, 4) is 5.75 Å². The summed E-state index contributed by atoms with van der Waals surface area (Å²) in [4.78, 5) is 11.0. The fourth-order valence-electron chi connectivity index (χ4n) is 2.58. The maximum absolute atomic E-state index is 11.0. The van der Waals surface area contributed by atoms with Crippen LogP contribution in [0.2, 0.25) is 10.0 Å². The van der Waals surface area contributed by atoms with Crippen molar-refractivity contribution >= 4 is 29.2 Å². The van der Waals surface area contributed by atoms with Crippen LogP contribution in [0, 0.1) is 0 Å². The lowest BCUT2D eigenvalue weighted by Crippen LogP contribution is -2.45. The second-order valence-corrected chi connectivity index (χ2v) is 6.16. The van der Waals surface area contributed by atoms with Crippen molar-refractivity contribution in [2.45, 2.75) is 37.9 Å². The molecule has 1 heterocycles. The lowest BCUT2D eigenvalue weighted by molar-refractivity contribution is -0.147. The predicted octanol–water partition coefficient (Wildman–Crippen LogP) is 3.22. The number of ether oxygens (including phenoxy) is 1. The summed E-state index contributed by atoms with van der Waals surface area (Å²) in [6, 6.07) is 3.16. The molecule has 0 radical (unpaired) electrons. The summed E-state index contributed by atoms with van der Waals surface area (Å²) in [5.41, 5.74) is -2.03. The average Bonchev–Trinajstić information content (AvgIpc) is 2.19. The molecule has 4 nitrogen and oxygen atoms in total. The molecule has 2 N–H and O–H groups in total. The van der Waals surface area contributed by atoms with Gasteiger partial charge in [-0.2, -0.15) is 0 Å². The van der Waals surface area contributed by atoms with Crippen molar-refractivity contribution in [2.75, 3.05) is 0 Å². The van der Waals surface area contributed by atoms with Gasteiger partial charge in [-0.25, -0.2) is 0 Å². The molecule has 1 aromatic rings. The number of aliphatic hydroxyl groups is 1. The molecule has 0 bridgehead atoms. The summed E-state index contributed by atoms with van der Waals surface area (Å²) in [6.45, 7) is 3.57. The van der Waals surface area contributed by atoms with Crippen molar-refractivity contribution < 1.29 is 19.7 Å². The van der Waals surface area contributed by atoms with Crippen LogP contribution in [-0.2, 0) is 10.4 Å². The summed E-state index contributed by atoms with van der Waals surface area (Å²) in [6.07, 6.45) is -0.327. The highest BCUT2D eigenvalue weighted by molar-refractivity contribution is 6.42. The number of rotatable bonds is 2. The largest absolute Gasteiger partial charge is 0.487 e. The number of aliphatic carboxylic acids is 1. The van der Waals surface area contributed by atoms with E-state index in [4.69, 9.17) is 33.0 Å². The first-order valence-corrected chi connectivity index (χ1v) is 6.52. The molecule has 0 unspecified atom stereocenters. The Balaban J connectivity index is 2.64. The standard InChI is InChI=1S/C13H14Cl2O4/c1-12(2)6-13(18,5-9(16)17)10-8(19-12)4-3-7(14)11(10)15/h3-4,18H,5-6H2,1-2H3,(H,16,17)/t13-/m0/s1. The summed E-state index contributed by atoms with van der Waals surface area (Å²) in [5, 5.41) is 20.1. The van der Waals surface area contributed by atoms with Crippen LogP contribution < -0.4 is 4.74 Å². The number of fused-ring (bicyclic) bond motifs is 1. The lowest BCUT2D eigenvalue weighted by Gasteiger charge is -2.42.